The van der Waals surface area contributed by atoms with Crippen LogP contribution >= 0.6 is 11.3 Å². The molecule has 2 N–H and O–H groups in total. The molecular weight excluding hydrogens is 228 g/mol. The van der Waals surface area contributed by atoms with Crippen LogP contribution in [-0.2, 0) is 0 Å². The minimum absolute atomic E-state index is 0.0315. The molecule has 0 aliphatic carbocycles. The Kier molecular flexibility index (Phi) is 3.40. The Hall–Kier alpha value is -1.14. The Balaban J connectivity index is 2.01. The number of carbonyl (C=O) groups is 1. The van der Waals surface area contributed by atoms with Gasteiger partial charge in [-0.15, -0.1) is 11.3 Å². The third kappa shape index (κ3) is 2.33. The molecular formula is C10H14N2O3S. The number of rotatable bonds is 2. The quantitative estimate of drug-likeness (QED) is 0.825. The molecule has 0 radical (unpaired) electrons. The van der Waals surface area contributed by atoms with Gasteiger partial charge in [0.1, 0.15) is 11.1 Å². The van der Waals surface area contributed by atoms with Crippen LogP contribution in [-0.4, -0.2) is 39.3 Å². The van der Waals surface area contributed by atoms with Crippen molar-refractivity contribution in [2.75, 3.05) is 13.1 Å². The number of aliphatic hydroxyl groups is 1. The maximum absolute atomic E-state index is 10.8. The number of hydrogen-bond donors (Lipinski definition) is 2. The number of amides is 1. The second kappa shape index (κ2) is 4.80. The lowest BCUT2D eigenvalue weighted by atomic mass is 9.93. The van der Waals surface area contributed by atoms with Gasteiger partial charge in [0.25, 0.3) is 0 Å². The highest BCUT2D eigenvalue weighted by atomic mass is 32.1. The third-order valence-electron chi connectivity index (χ3n) is 2.88. The average Bonchev–Trinajstić information content (AvgIpc) is 2.81. The van der Waals surface area contributed by atoms with Crippen LogP contribution in [0.4, 0.5) is 4.79 Å². The van der Waals surface area contributed by atoms with Gasteiger partial charge in [0.05, 0.1) is 0 Å². The van der Waals surface area contributed by atoms with Gasteiger partial charge in [-0.05, 0) is 12.8 Å². The molecule has 1 aromatic heterocycles. The zero-order valence-corrected chi connectivity index (χ0v) is 9.56. The second-order valence-electron chi connectivity index (χ2n) is 3.95. The SMILES string of the molecule is O=C(O)N1CCC[C@H](C(O)c2nccs2)C1. The minimum Gasteiger partial charge on any atom is -0.465 e. The van der Waals surface area contributed by atoms with E-state index in [1.165, 1.54) is 16.2 Å². The van der Waals surface area contributed by atoms with Crippen molar-refractivity contribution in [3.63, 3.8) is 0 Å². The molecule has 16 heavy (non-hydrogen) atoms. The van der Waals surface area contributed by atoms with Gasteiger partial charge in [0, 0.05) is 30.6 Å². The van der Waals surface area contributed by atoms with Gasteiger partial charge in [-0.1, -0.05) is 0 Å². The standard InChI is InChI=1S/C10H14N2O3S/c13-8(9-11-3-5-16-9)7-2-1-4-12(6-7)10(14)15/h3,5,7-8,13H,1-2,4,6H2,(H,14,15)/t7-,8?/m0/s1. The van der Waals surface area contributed by atoms with Crippen LogP contribution in [0.5, 0.6) is 0 Å². The Bertz CT molecular complexity index is 355. The number of thiazole rings is 1. The number of nitrogens with zero attached hydrogens (tertiary/aromatic N) is 2. The molecule has 6 heteroatoms. The fourth-order valence-corrected chi connectivity index (χ4v) is 2.74. The van der Waals surface area contributed by atoms with Crippen LogP contribution in [0.1, 0.15) is 24.0 Å². The fourth-order valence-electron chi connectivity index (χ4n) is 2.02. The first kappa shape index (κ1) is 11.3. The molecule has 1 fully saturated rings. The van der Waals surface area contributed by atoms with E-state index in [0.717, 1.165) is 12.8 Å². The zero-order chi connectivity index (χ0) is 11.5. The lowest BCUT2D eigenvalue weighted by Gasteiger charge is -2.32. The summed E-state index contributed by atoms with van der Waals surface area (Å²) >= 11 is 1.41. The Morgan fingerprint density at radius 3 is 3.12 bits per heavy atom. The molecule has 5 nitrogen and oxygen atoms in total. The monoisotopic (exact) mass is 242 g/mol. The molecule has 1 aromatic rings. The summed E-state index contributed by atoms with van der Waals surface area (Å²) in [5.74, 6) is -0.0315. The summed E-state index contributed by atoms with van der Waals surface area (Å²) in [6.07, 6.45) is 1.77. The molecule has 2 rings (SSSR count). The number of aliphatic hydroxyl groups excluding tert-OH is 1. The maximum Gasteiger partial charge on any atom is 0.407 e. The smallest absolute Gasteiger partial charge is 0.407 e. The number of hydrogen-bond acceptors (Lipinski definition) is 4. The molecule has 1 unspecified atom stereocenters. The van der Waals surface area contributed by atoms with Gasteiger partial charge in [-0.2, -0.15) is 0 Å². The number of carboxylic acid groups (broad SMARTS) is 1. The van der Waals surface area contributed by atoms with Gasteiger partial charge < -0.3 is 15.1 Å². The Labute approximate surface area is 97.4 Å². The largest absolute Gasteiger partial charge is 0.465 e. The van der Waals surface area contributed by atoms with Gasteiger partial charge in [-0.25, -0.2) is 9.78 Å². The molecule has 1 amide bonds. The summed E-state index contributed by atoms with van der Waals surface area (Å²) in [6, 6.07) is 0. The Morgan fingerprint density at radius 2 is 2.50 bits per heavy atom. The number of likely N-dealkylation sites (tertiary alicyclic amines) is 1. The van der Waals surface area contributed by atoms with E-state index in [4.69, 9.17) is 5.11 Å². The van der Waals surface area contributed by atoms with Crippen LogP contribution in [0, 0.1) is 5.92 Å². The van der Waals surface area contributed by atoms with E-state index in [2.05, 4.69) is 4.98 Å². The normalized spacial score (nSPS) is 23.1. The fraction of sp³-hybridized carbons (Fsp3) is 0.600. The van der Waals surface area contributed by atoms with Crippen molar-refractivity contribution in [3.05, 3.63) is 16.6 Å². The van der Waals surface area contributed by atoms with Gasteiger partial charge in [-0.3, -0.25) is 0 Å². The highest BCUT2D eigenvalue weighted by molar-refractivity contribution is 7.09. The van der Waals surface area contributed by atoms with E-state index < -0.39 is 12.2 Å². The molecule has 0 bridgehead atoms. The van der Waals surface area contributed by atoms with Crippen LogP contribution in [0.15, 0.2) is 11.6 Å². The summed E-state index contributed by atoms with van der Waals surface area (Å²) in [6.45, 7) is 0.965. The van der Waals surface area contributed by atoms with Crippen molar-refractivity contribution in [3.8, 4) is 0 Å². The maximum atomic E-state index is 10.8. The first-order valence-electron chi connectivity index (χ1n) is 5.24. The van der Waals surface area contributed by atoms with Crippen LogP contribution in [0.25, 0.3) is 0 Å². The zero-order valence-electron chi connectivity index (χ0n) is 8.74. The average molecular weight is 242 g/mol. The topological polar surface area (TPSA) is 73.7 Å². The van der Waals surface area contributed by atoms with Gasteiger partial charge in [0.2, 0.25) is 0 Å². The summed E-state index contributed by atoms with van der Waals surface area (Å²) in [5, 5.41) is 21.5. The van der Waals surface area contributed by atoms with E-state index in [0.29, 0.717) is 18.1 Å². The molecule has 2 heterocycles. The predicted octanol–water partition coefficient (Wildman–Crippen LogP) is 1.57. The highest BCUT2D eigenvalue weighted by Gasteiger charge is 2.30. The van der Waals surface area contributed by atoms with Crippen molar-refractivity contribution in [1.82, 2.24) is 9.88 Å². The van der Waals surface area contributed by atoms with E-state index in [9.17, 15) is 9.90 Å². The number of piperidine rings is 1. The van der Waals surface area contributed by atoms with Crippen molar-refractivity contribution in [2.24, 2.45) is 5.92 Å². The van der Waals surface area contributed by atoms with Crippen LogP contribution < -0.4 is 0 Å². The second-order valence-corrected chi connectivity index (χ2v) is 4.87. The van der Waals surface area contributed by atoms with Gasteiger partial charge >= 0.3 is 6.09 Å². The molecule has 1 aliphatic heterocycles. The first-order valence-corrected chi connectivity index (χ1v) is 6.12. The summed E-state index contributed by atoms with van der Waals surface area (Å²) in [4.78, 5) is 16.3. The van der Waals surface area contributed by atoms with Crippen LogP contribution in [0.2, 0.25) is 0 Å². The van der Waals surface area contributed by atoms with Gasteiger partial charge in [0.15, 0.2) is 0 Å². The van der Waals surface area contributed by atoms with E-state index in [1.54, 1.807) is 6.20 Å². The highest BCUT2D eigenvalue weighted by Crippen LogP contribution is 2.30. The van der Waals surface area contributed by atoms with E-state index in [-0.39, 0.29) is 5.92 Å². The first-order chi connectivity index (χ1) is 7.68. The molecule has 88 valence electrons. The Morgan fingerprint density at radius 1 is 1.69 bits per heavy atom. The van der Waals surface area contributed by atoms with Crippen molar-refractivity contribution >= 4 is 17.4 Å². The lowest BCUT2D eigenvalue weighted by molar-refractivity contribution is 0.0502. The van der Waals surface area contributed by atoms with Crippen molar-refractivity contribution in [1.29, 1.82) is 0 Å². The van der Waals surface area contributed by atoms with Crippen LogP contribution in [0.3, 0.4) is 0 Å². The molecule has 0 saturated carbocycles. The third-order valence-corrected chi connectivity index (χ3v) is 3.73. The molecule has 1 saturated heterocycles. The van der Waals surface area contributed by atoms with Crippen molar-refractivity contribution in [2.45, 2.75) is 18.9 Å². The van der Waals surface area contributed by atoms with E-state index >= 15 is 0 Å². The molecule has 0 aromatic carbocycles. The molecule has 0 spiro atoms. The van der Waals surface area contributed by atoms with Crippen molar-refractivity contribution < 1.29 is 15.0 Å². The molecule has 1 aliphatic rings. The van der Waals surface area contributed by atoms with E-state index in [1.807, 2.05) is 5.38 Å². The predicted molar refractivity (Wildman–Crippen MR) is 59.4 cm³/mol. The summed E-state index contributed by atoms with van der Waals surface area (Å²) < 4.78 is 0. The summed E-state index contributed by atoms with van der Waals surface area (Å²) in [5.41, 5.74) is 0. The number of aromatic nitrogens is 1. The lowest BCUT2D eigenvalue weighted by Crippen LogP contribution is -2.40. The minimum atomic E-state index is -0.906. The summed E-state index contributed by atoms with van der Waals surface area (Å²) in [7, 11) is 0. The molecule has 2 atom stereocenters.